The molecule has 0 atom stereocenters. The Morgan fingerprint density at radius 3 is 2.12 bits per heavy atom. The Balaban J connectivity index is 3.38. The molecule has 0 aromatic rings. The van der Waals surface area contributed by atoms with Crippen LogP contribution >= 0.6 is 0 Å². The molecule has 48 valence electrons. The van der Waals surface area contributed by atoms with Crippen LogP contribution in [0.1, 0.15) is 27.2 Å². The third kappa shape index (κ3) is 2.78. The summed E-state index contributed by atoms with van der Waals surface area (Å²) in [6.45, 7) is 8.80. The third-order valence-corrected chi connectivity index (χ3v) is 1.28. The lowest BCUT2D eigenvalue weighted by atomic mass is 10.4. The average molecular weight is 114 g/mol. The van der Waals surface area contributed by atoms with Crippen LogP contribution < -0.4 is 0 Å². The molecule has 0 radical (unpaired) electrons. The molecule has 0 saturated carbocycles. The monoisotopic (exact) mass is 114 g/mol. The summed E-state index contributed by atoms with van der Waals surface area (Å²) in [6, 6.07) is 0. The quantitative estimate of drug-likeness (QED) is 0.386. The fourth-order valence-corrected chi connectivity index (χ4v) is 0.757. The average Bonchev–Trinajstić information content (AvgIpc) is 1.83. The summed E-state index contributed by atoms with van der Waals surface area (Å²) in [4.78, 5) is 0. The maximum absolute atomic E-state index is 2.31. The van der Waals surface area contributed by atoms with Crippen LogP contribution in [0.5, 0.6) is 0 Å². The van der Waals surface area contributed by atoms with Gasteiger partial charge < -0.3 is 0 Å². The molecule has 0 aliphatic heterocycles. The van der Waals surface area contributed by atoms with Crippen molar-refractivity contribution in [2.24, 2.45) is 0 Å². The summed E-state index contributed by atoms with van der Waals surface area (Å²) in [5, 5.41) is 0. The van der Waals surface area contributed by atoms with E-state index in [1.54, 1.807) is 0 Å². The minimum absolute atomic E-state index is 1.14. The van der Waals surface area contributed by atoms with Crippen molar-refractivity contribution >= 4 is 6.21 Å². The van der Waals surface area contributed by atoms with Crippen LogP contribution in [0.15, 0.2) is 0 Å². The SMILES string of the molecule is C/C=[N+](\CC)CCC. The largest absolute Gasteiger partial charge is 0.240 e. The van der Waals surface area contributed by atoms with Gasteiger partial charge in [0.05, 0.1) is 0 Å². The summed E-state index contributed by atoms with van der Waals surface area (Å²) in [5.74, 6) is 0. The summed E-state index contributed by atoms with van der Waals surface area (Å²) >= 11 is 0. The van der Waals surface area contributed by atoms with E-state index in [-0.39, 0.29) is 0 Å². The summed E-state index contributed by atoms with van der Waals surface area (Å²) in [5.41, 5.74) is 0. The van der Waals surface area contributed by atoms with Crippen LogP contribution in [0.2, 0.25) is 0 Å². The highest BCUT2D eigenvalue weighted by Gasteiger charge is 1.91. The van der Waals surface area contributed by atoms with Crippen molar-refractivity contribution < 1.29 is 4.58 Å². The van der Waals surface area contributed by atoms with Gasteiger partial charge in [-0.1, -0.05) is 6.92 Å². The molecule has 1 nitrogen and oxygen atoms in total. The second kappa shape index (κ2) is 4.82. The molecule has 0 unspecified atom stereocenters. The molecule has 0 fully saturated rings. The predicted octanol–water partition coefficient (Wildman–Crippen LogP) is 1.52. The fourth-order valence-electron chi connectivity index (χ4n) is 0.757. The molecule has 0 amide bonds. The Labute approximate surface area is 52.0 Å². The second-order valence-electron chi connectivity index (χ2n) is 1.89. The number of hydrogen-bond acceptors (Lipinski definition) is 0. The molecule has 1 heteroatoms. The van der Waals surface area contributed by atoms with Crippen molar-refractivity contribution in [2.45, 2.75) is 27.2 Å². The summed E-state index contributed by atoms with van der Waals surface area (Å²) in [7, 11) is 0. The molecule has 0 aliphatic rings. The van der Waals surface area contributed by atoms with Gasteiger partial charge in [-0.2, -0.15) is 0 Å². The van der Waals surface area contributed by atoms with E-state index in [0.29, 0.717) is 0 Å². The lowest BCUT2D eigenvalue weighted by Crippen LogP contribution is -2.11. The number of nitrogens with zero attached hydrogens (tertiary/aromatic N) is 1. The number of rotatable bonds is 3. The van der Waals surface area contributed by atoms with Crippen LogP contribution in [0.25, 0.3) is 0 Å². The van der Waals surface area contributed by atoms with Crippen LogP contribution in [0.4, 0.5) is 0 Å². The number of hydrogen-bond donors (Lipinski definition) is 0. The van der Waals surface area contributed by atoms with E-state index >= 15 is 0 Å². The van der Waals surface area contributed by atoms with Gasteiger partial charge in [0.15, 0.2) is 0 Å². The van der Waals surface area contributed by atoms with Crippen LogP contribution in [-0.2, 0) is 0 Å². The molecule has 0 spiro atoms. The Bertz CT molecular complexity index is 74.5. The molecule has 0 aromatic carbocycles. The highest BCUT2D eigenvalue weighted by Crippen LogP contribution is 1.77. The van der Waals surface area contributed by atoms with Gasteiger partial charge in [-0.05, 0) is 6.92 Å². The fraction of sp³-hybridized carbons (Fsp3) is 0.857. The first kappa shape index (κ1) is 7.67. The maximum atomic E-state index is 2.31. The van der Waals surface area contributed by atoms with E-state index in [2.05, 4.69) is 31.6 Å². The first-order chi connectivity index (χ1) is 3.85. The van der Waals surface area contributed by atoms with Gasteiger partial charge in [-0.25, -0.2) is 4.58 Å². The van der Waals surface area contributed by atoms with Gasteiger partial charge in [0.25, 0.3) is 0 Å². The Morgan fingerprint density at radius 2 is 2.00 bits per heavy atom. The van der Waals surface area contributed by atoms with Crippen molar-refractivity contribution in [1.29, 1.82) is 0 Å². The highest BCUT2D eigenvalue weighted by molar-refractivity contribution is 5.46. The van der Waals surface area contributed by atoms with Crippen molar-refractivity contribution in [3.8, 4) is 0 Å². The topological polar surface area (TPSA) is 3.01 Å². The molecular weight excluding hydrogens is 98.1 g/mol. The molecule has 0 heterocycles. The van der Waals surface area contributed by atoms with Crippen LogP contribution in [-0.4, -0.2) is 23.9 Å². The predicted molar refractivity (Wildman–Crippen MR) is 37.7 cm³/mol. The zero-order valence-electron chi connectivity index (χ0n) is 6.15. The maximum Gasteiger partial charge on any atom is 0.142 e. The summed E-state index contributed by atoms with van der Waals surface area (Å²) < 4.78 is 2.31. The standard InChI is InChI=1S/C7H16N/c1-4-7-8(5-2)6-3/h5H,4,6-7H2,1-3H3/q+1/b8-5+. The molecular formula is C7H16N+. The van der Waals surface area contributed by atoms with E-state index in [9.17, 15) is 0 Å². The van der Waals surface area contributed by atoms with Crippen molar-refractivity contribution in [2.75, 3.05) is 13.1 Å². The van der Waals surface area contributed by atoms with Gasteiger partial charge in [0.1, 0.15) is 19.3 Å². The van der Waals surface area contributed by atoms with E-state index in [1.165, 1.54) is 13.0 Å². The lowest BCUT2D eigenvalue weighted by Gasteiger charge is -1.93. The normalized spacial score (nSPS) is 12.1. The zero-order valence-corrected chi connectivity index (χ0v) is 6.15. The highest BCUT2D eigenvalue weighted by atomic mass is 15.0. The smallest absolute Gasteiger partial charge is 0.142 e. The minimum Gasteiger partial charge on any atom is -0.240 e. The van der Waals surface area contributed by atoms with E-state index < -0.39 is 0 Å². The van der Waals surface area contributed by atoms with Gasteiger partial charge in [-0.3, -0.25) is 0 Å². The molecule has 0 aromatic heterocycles. The van der Waals surface area contributed by atoms with Crippen LogP contribution in [0.3, 0.4) is 0 Å². The molecule has 0 bridgehead atoms. The minimum atomic E-state index is 1.14. The van der Waals surface area contributed by atoms with E-state index in [4.69, 9.17) is 0 Å². The zero-order chi connectivity index (χ0) is 6.41. The Morgan fingerprint density at radius 1 is 1.38 bits per heavy atom. The van der Waals surface area contributed by atoms with Gasteiger partial charge in [0.2, 0.25) is 0 Å². The molecule has 0 N–H and O–H groups in total. The first-order valence-electron chi connectivity index (χ1n) is 3.38. The van der Waals surface area contributed by atoms with Gasteiger partial charge >= 0.3 is 0 Å². The molecule has 0 rings (SSSR count). The third-order valence-electron chi connectivity index (χ3n) is 1.28. The van der Waals surface area contributed by atoms with Gasteiger partial charge in [0, 0.05) is 13.3 Å². The van der Waals surface area contributed by atoms with Crippen molar-refractivity contribution in [3.05, 3.63) is 0 Å². The van der Waals surface area contributed by atoms with Gasteiger partial charge in [-0.15, -0.1) is 0 Å². The lowest BCUT2D eigenvalue weighted by molar-refractivity contribution is -0.520. The summed E-state index contributed by atoms with van der Waals surface area (Å²) in [6.07, 6.45) is 3.39. The second-order valence-corrected chi connectivity index (χ2v) is 1.89. The van der Waals surface area contributed by atoms with Crippen molar-refractivity contribution in [1.82, 2.24) is 0 Å². The molecule has 0 aliphatic carbocycles. The molecule has 0 saturated heterocycles. The first-order valence-corrected chi connectivity index (χ1v) is 3.38. The van der Waals surface area contributed by atoms with Crippen LogP contribution in [0, 0.1) is 0 Å². The Hall–Kier alpha value is -0.330. The van der Waals surface area contributed by atoms with E-state index in [0.717, 1.165) is 6.54 Å². The van der Waals surface area contributed by atoms with Crippen molar-refractivity contribution in [3.63, 3.8) is 0 Å². The molecule has 8 heavy (non-hydrogen) atoms. The Kier molecular flexibility index (Phi) is 4.62. The van der Waals surface area contributed by atoms with E-state index in [1.807, 2.05) is 0 Å².